The summed E-state index contributed by atoms with van der Waals surface area (Å²) in [4.78, 5) is 0. The zero-order valence-electron chi connectivity index (χ0n) is 2.18. The van der Waals surface area contributed by atoms with Crippen LogP contribution in [0, 0.1) is 0 Å². The minimum atomic E-state index is 0.417. The summed E-state index contributed by atoms with van der Waals surface area (Å²) in [6.45, 7) is 0. The predicted molar refractivity (Wildman–Crippen MR) is 21.8 cm³/mol. The van der Waals surface area contributed by atoms with Crippen LogP contribution >= 0.6 is 25.3 Å². The molecule has 0 bridgehead atoms. The second-order valence-electron chi connectivity index (χ2n) is 0.481. The van der Waals surface area contributed by atoms with E-state index in [2.05, 4.69) is 25.3 Å². The molecule has 0 saturated heterocycles. The molecule has 0 radical (unpaired) electrons. The molecule has 0 spiro atoms. The molecule has 0 atom stereocenters. The second-order valence-corrected chi connectivity index (χ2v) is 10.7. The molecule has 0 aliphatic rings. The normalized spacial score (nSPS) is 9.25. The van der Waals surface area contributed by atoms with Crippen LogP contribution in [-0.2, 0) is 26.1 Å². The summed E-state index contributed by atoms with van der Waals surface area (Å²) in [5.74, 6) is 0. The van der Waals surface area contributed by atoms with Crippen LogP contribution in [0.15, 0.2) is 0 Å². The first-order valence-corrected chi connectivity index (χ1v) is 5.13. The summed E-state index contributed by atoms with van der Waals surface area (Å²) >= 11 is 8.58. The van der Waals surface area contributed by atoms with Gasteiger partial charge in [-0.15, -0.1) is 0 Å². The zero-order valence-corrected chi connectivity index (χ0v) is 9.47. The van der Waals surface area contributed by atoms with Gasteiger partial charge in [0.05, 0.1) is 0 Å². The van der Waals surface area contributed by atoms with Crippen molar-refractivity contribution in [3.63, 3.8) is 0 Å². The van der Waals surface area contributed by atoms with E-state index in [1.54, 1.807) is 0 Å². The van der Waals surface area contributed by atoms with Crippen LogP contribution in [0.1, 0.15) is 0 Å². The van der Waals surface area contributed by atoms with Crippen LogP contribution in [0.2, 0.25) is 0 Å². The average molecular weight is 280 g/mol. The van der Waals surface area contributed by atoms with Gasteiger partial charge in [0, 0.05) is 0 Å². The molecule has 4 heavy (non-hydrogen) atoms. The Bertz CT molecular complexity index is 10.8. The molecule has 0 aromatic carbocycles. The van der Waals surface area contributed by atoms with E-state index >= 15 is 0 Å². The first-order valence-electron chi connectivity index (χ1n) is 0.925. The van der Waals surface area contributed by atoms with E-state index < -0.39 is 0 Å². The molecule has 0 amide bonds. The molecule has 0 heterocycles. The Labute approximate surface area is 53.1 Å². The van der Waals surface area contributed by atoms with Crippen LogP contribution in [0.5, 0.6) is 0 Å². The van der Waals surface area contributed by atoms with Gasteiger partial charge >= 0.3 is 53.5 Å². The molecule has 0 aliphatic heterocycles. The Kier molecular flexibility index (Phi) is 4.02. The fourth-order valence-corrected chi connectivity index (χ4v) is 0. The third-order valence-electron chi connectivity index (χ3n) is 0. The van der Waals surface area contributed by atoms with Gasteiger partial charge in [0.25, 0.3) is 0 Å². The first kappa shape index (κ1) is 5.64. The fraction of sp³-hybridized carbons (Fsp3) is 1.00. The van der Waals surface area contributed by atoms with Gasteiger partial charge in [0.15, 0.2) is 0 Å². The summed E-state index contributed by atoms with van der Waals surface area (Å²) in [7, 11) is 0. The first-order chi connectivity index (χ1) is 1.73. The van der Waals surface area contributed by atoms with Crippen molar-refractivity contribution in [2.75, 3.05) is 0 Å². The molecule has 0 saturated carbocycles. The van der Waals surface area contributed by atoms with Gasteiger partial charge in [-0.25, -0.2) is 0 Å². The van der Waals surface area contributed by atoms with E-state index in [0.29, 0.717) is 2.09 Å². The zero-order chi connectivity index (χ0) is 3.58. The number of hydrogen-bond donors (Lipinski definition) is 2. The van der Waals surface area contributed by atoms with Crippen LogP contribution in [0.25, 0.3) is 0 Å². The molecule has 0 fully saturated rings. The van der Waals surface area contributed by atoms with Crippen molar-refractivity contribution in [1.29, 1.82) is 0 Å². The van der Waals surface area contributed by atoms with Crippen molar-refractivity contribution in [2.45, 2.75) is 2.09 Å². The number of rotatable bonds is 0. The Morgan fingerprint density at radius 1 is 1.50 bits per heavy atom. The monoisotopic (exact) mass is 281 g/mol. The second kappa shape index (κ2) is 2.85. The average Bonchev–Trinajstić information content (AvgIpc) is 0.811. The molecule has 0 unspecified atom stereocenters. The van der Waals surface area contributed by atoms with Gasteiger partial charge in [-0.05, 0) is 0 Å². The topological polar surface area (TPSA) is 0 Å². The number of hydrogen-bond acceptors (Lipinski definition) is 2. The van der Waals surface area contributed by atoms with Crippen molar-refractivity contribution in [3.8, 4) is 0 Å². The third-order valence-corrected chi connectivity index (χ3v) is 0. The molecule has 20 valence electrons. The molecule has 0 aliphatic carbocycles. The Balaban J connectivity index is 2.32. The van der Waals surface area contributed by atoms with Crippen molar-refractivity contribution in [3.05, 3.63) is 0 Å². The molecule has 0 N–H and O–H groups in total. The molecular weight excluding hydrogens is 277 g/mol. The Morgan fingerprint density at radius 2 is 1.50 bits per heavy atom. The summed E-state index contributed by atoms with van der Waals surface area (Å²) < 4.78 is 0.417. The quantitative estimate of drug-likeness (QED) is 0.364. The third kappa shape index (κ3) is 9.44. The fourth-order valence-electron chi connectivity index (χ4n) is 0. The van der Waals surface area contributed by atoms with Gasteiger partial charge in [-0.3, -0.25) is 0 Å². The molecule has 3 heteroatoms. The van der Waals surface area contributed by atoms with E-state index in [1.165, 1.54) is 0 Å². The van der Waals surface area contributed by atoms with Crippen molar-refractivity contribution in [2.24, 2.45) is 0 Å². The van der Waals surface area contributed by atoms with Crippen LogP contribution in [0.4, 0.5) is 0 Å². The van der Waals surface area contributed by atoms with Crippen LogP contribution < -0.4 is 0 Å². The van der Waals surface area contributed by atoms with E-state index in [-0.39, 0.29) is 0 Å². The van der Waals surface area contributed by atoms with E-state index in [4.69, 9.17) is 0 Å². The maximum atomic E-state index is 3.92. The molecule has 0 nitrogen and oxygen atoms in total. The summed E-state index contributed by atoms with van der Waals surface area (Å²) in [6.07, 6.45) is 0. The molecule has 0 aromatic rings. The van der Waals surface area contributed by atoms with Gasteiger partial charge < -0.3 is 0 Å². The van der Waals surface area contributed by atoms with E-state index in [1.807, 2.05) is 0 Å². The van der Waals surface area contributed by atoms with Gasteiger partial charge in [0.2, 0.25) is 0 Å². The Hall–Kier alpha value is 1.64. The summed E-state index contributed by atoms with van der Waals surface area (Å²) in [5, 5.41) is 0. The van der Waals surface area contributed by atoms with Crippen molar-refractivity contribution in [1.82, 2.24) is 0 Å². The van der Waals surface area contributed by atoms with E-state index in [0.717, 1.165) is 26.1 Å². The van der Waals surface area contributed by atoms with Crippen molar-refractivity contribution < 1.29 is 26.1 Å². The summed E-state index contributed by atoms with van der Waals surface area (Å²) in [5.41, 5.74) is 0. The van der Waals surface area contributed by atoms with Crippen LogP contribution in [0.3, 0.4) is 0 Å². The Morgan fingerprint density at radius 3 is 1.50 bits per heavy atom. The van der Waals surface area contributed by atoms with Gasteiger partial charge in [0.1, 0.15) is 0 Å². The van der Waals surface area contributed by atoms with Crippen LogP contribution in [-0.4, -0.2) is 2.09 Å². The maximum absolute atomic E-state index is 3.92. The summed E-state index contributed by atoms with van der Waals surface area (Å²) in [6, 6.07) is 0. The molecular formula is CH3HgS2+. The SMILES string of the molecule is S[CH](S)[Hg+]. The van der Waals surface area contributed by atoms with Gasteiger partial charge in [-0.2, -0.15) is 0 Å². The van der Waals surface area contributed by atoms with Crippen molar-refractivity contribution >= 4 is 25.3 Å². The van der Waals surface area contributed by atoms with E-state index in [9.17, 15) is 0 Å². The van der Waals surface area contributed by atoms with Gasteiger partial charge in [-0.1, -0.05) is 0 Å². The molecule has 0 rings (SSSR count). The number of thiol groups is 2. The predicted octanol–water partition coefficient (Wildman–Crippen LogP) is 0.676. The molecule has 0 aromatic heterocycles. The standard InChI is InChI=1S/CH3S2.Hg/c2-1-3;/h1-3H;/q;+1. The minimum absolute atomic E-state index is 0.417.